The molecule has 21 heavy (non-hydrogen) atoms. The summed E-state index contributed by atoms with van der Waals surface area (Å²) >= 11 is 3.38. The van der Waals surface area contributed by atoms with Crippen LogP contribution in [0.2, 0.25) is 0 Å². The first-order valence-electron chi connectivity index (χ1n) is 7.52. The van der Waals surface area contributed by atoms with Crippen molar-refractivity contribution >= 4 is 40.0 Å². The van der Waals surface area contributed by atoms with Crippen LogP contribution in [0.15, 0.2) is 0 Å². The van der Waals surface area contributed by atoms with Gasteiger partial charge in [0.15, 0.2) is 5.13 Å². The molecular formula is C14H24N4OS2. The SMILES string of the molecule is CCN(CC)c1nc(N)c(C(=O)NCC2CCSCC2)s1. The van der Waals surface area contributed by atoms with Gasteiger partial charge < -0.3 is 16.0 Å². The summed E-state index contributed by atoms with van der Waals surface area (Å²) in [6.07, 6.45) is 2.38. The van der Waals surface area contributed by atoms with Crippen molar-refractivity contribution in [2.24, 2.45) is 5.92 Å². The van der Waals surface area contributed by atoms with E-state index in [0.29, 0.717) is 16.6 Å². The van der Waals surface area contributed by atoms with Gasteiger partial charge in [0.05, 0.1) is 0 Å². The summed E-state index contributed by atoms with van der Waals surface area (Å²) < 4.78 is 0. The molecule has 0 aliphatic carbocycles. The van der Waals surface area contributed by atoms with E-state index in [9.17, 15) is 4.79 Å². The van der Waals surface area contributed by atoms with Gasteiger partial charge in [-0.05, 0) is 44.1 Å². The first-order valence-corrected chi connectivity index (χ1v) is 9.50. The van der Waals surface area contributed by atoms with Crippen LogP contribution in [0.3, 0.4) is 0 Å². The molecule has 2 rings (SSSR count). The van der Waals surface area contributed by atoms with Crippen molar-refractivity contribution in [3.63, 3.8) is 0 Å². The molecule has 0 unspecified atom stereocenters. The molecule has 0 spiro atoms. The van der Waals surface area contributed by atoms with E-state index in [1.807, 2.05) is 11.8 Å². The molecule has 7 heteroatoms. The summed E-state index contributed by atoms with van der Waals surface area (Å²) in [6, 6.07) is 0. The highest BCUT2D eigenvalue weighted by Gasteiger charge is 2.20. The van der Waals surface area contributed by atoms with Crippen LogP contribution in [-0.4, -0.2) is 42.0 Å². The van der Waals surface area contributed by atoms with Crippen LogP contribution in [0.25, 0.3) is 0 Å². The molecule has 0 saturated carbocycles. The summed E-state index contributed by atoms with van der Waals surface area (Å²) in [6.45, 7) is 6.62. The van der Waals surface area contributed by atoms with E-state index in [-0.39, 0.29) is 5.91 Å². The van der Waals surface area contributed by atoms with Crippen molar-refractivity contribution in [3.05, 3.63) is 4.88 Å². The Hall–Kier alpha value is -0.950. The number of nitrogen functional groups attached to an aromatic ring is 1. The minimum absolute atomic E-state index is 0.0818. The molecule has 1 saturated heterocycles. The molecule has 0 aromatic carbocycles. The first-order chi connectivity index (χ1) is 10.2. The van der Waals surface area contributed by atoms with Crippen LogP contribution in [0.1, 0.15) is 36.4 Å². The topological polar surface area (TPSA) is 71.2 Å². The molecule has 1 aromatic rings. The second-order valence-corrected chi connectivity index (χ2v) is 7.35. The molecule has 3 N–H and O–H groups in total. The van der Waals surface area contributed by atoms with Gasteiger partial charge in [-0.2, -0.15) is 11.8 Å². The van der Waals surface area contributed by atoms with Crippen LogP contribution in [0.5, 0.6) is 0 Å². The van der Waals surface area contributed by atoms with E-state index >= 15 is 0 Å². The monoisotopic (exact) mass is 328 g/mol. The molecule has 1 aliphatic rings. The van der Waals surface area contributed by atoms with E-state index in [2.05, 4.69) is 29.0 Å². The zero-order chi connectivity index (χ0) is 15.2. The second-order valence-electron chi connectivity index (χ2n) is 5.15. The zero-order valence-electron chi connectivity index (χ0n) is 12.7. The van der Waals surface area contributed by atoms with E-state index in [4.69, 9.17) is 5.73 Å². The maximum absolute atomic E-state index is 12.3. The van der Waals surface area contributed by atoms with Crippen LogP contribution >= 0.6 is 23.1 Å². The fourth-order valence-corrected chi connectivity index (χ4v) is 4.61. The van der Waals surface area contributed by atoms with Gasteiger partial charge in [-0.1, -0.05) is 11.3 Å². The van der Waals surface area contributed by atoms with Crippen molar-refractivity contribution < 1.29 is 4.79 Å². The van der Waals surface area contributed by atoms with Crippen LogP contribution in [-0.2, 0) is 0 Å². The third kappa shape index (κ3) is 4.26. The normalized spacial score (nSPS) is 15.9. The molecule has 1 fully saturated rings. The number of thioether (sulfide) groups is 1. The van der Waals surface area contributed by atoms with E-state index in [1.54, 1.807) is 0 Å². The Labute approximate surface area is 134 Å². The quantitative estimate of drug-likeness (QED) is 0.839. The van der Waals surface area contributed by atoms with Crippen molar-refractivity contribution in [1.82, 2.24) is 10.3 Å². The van der Waals surface area contributed by atoms with Gasteiger partial charge in [0, 0.05) is 19.6 Å². The molecule has 1 amide bonds. The van der Waals surface area contributed by atoms with Crippen molar-refractivity contribution in [3.8, 4) is 0 Å². The van der Waals surface area contributed by atoms with Crippen molar-refractivity contribution in [2.75, 3.05) is 41.8 Å². The Morgan fingerprint density at radius 3 is 2.67 bits per heavy atom. The lowest BCUT2D eigenvalue weighted by atomic mass is 10.0. The largest absolute Gasteiger partial charge is 0.382 e. The van der Waals surface area contributed by atoms with Gasteiger partial charge in [0.25, 0.3) is 5.91 Å². The molecule has 2 heterocycles. The fourth-order valence-electron chi connectivity index (χ4n) is 2.38. The Morgan fingerprint density at radius 2 is 2.05 bits per heavy atom. The van der Waals surface area contributed by atoms with Gasteiger partial charge in [0.1, 0.15) is 10.7 Å². The number of anilines is 2. The van der Waals surface area contributed by atoms with E-state index < -0.39 is 0 Å². The van der Waals surface area contributed by atoms with Crippen LogP contribution in [0.4, 0.5) is 10.9 Å². The van der Waals surface area contributed by atoms with Crippen molar-refractivity contribution in [2.45, 2.75) is 26.7 Å². The number of hydrogen-bond acceptors (Lipinski definition) is 6. The predicted octanol–water partition coefficient (Wildman–Crippen LogP) is 2.44. The summed E-state index contributed by atoms with van der Waals surface area (Å²) in [4.78, 5) is 19.3. The van der Waals surface area contributed by atoms with E-state index in [1.165, 1.54) is 35.7 Å². The third-order valence-corrected chi connectivity index (χ3v) is 5.95. The number of hydrogen-bond donors (Lipinski definition) is 2. The Kier molecular flexibility index (Phi) is 6.17. The number of carbonyl (C=O) groups excluding carboxylic acids is 1. The Bertz CT molecular complexity index is 468. The average Bonchev–Trinajstić information content (AvgIpc) is 2.89. The highest BCUT2D eigenvalue weighted by atomic mass is 32.2. The zero-order valence-corrected chi connectivity index (χ0v) is 14.4. The van der Waals surface area contributed by atoms with Crippen LogP contribution in [0, 0.1) is 5.92 Å². The predicted molar refractivity (Wildman–Crippen MR) is 92.5 cm³/mol. The minimum Gasteiger partial charge on any atom is -0.382 e. The first kappa shape index (κ1) is 16.4. The minimum atomic E-state index is -0.0818. The van der Waals surface area contributed by atoms with Gasteiger partial charge in [-0.25, -0.2) is 4.98 Å². The average molecular weight is 329 g/mol. The highest BCUT2D eigenvalue weighted by Crippen LogP contribution is 2.28. The number of carbonyl (C=O) groups is 1. The molecule has 5 nitrogen and oxygen atoms in total. The maximum atomic E-state index is 12.3. The van der Waals surface area contributed by atoms with Gasteiger partial charge in [0.2, 0.25) is 0 Å². The number of rotatable bonds is 6. The molecule has 0 bridgehead atoms. The van der Waals surface area contributed by atoms with Crippen LogP contribution < -0.4 is 16.0 Å². The number of amides is 1. The summed E-state index contributed by atoms with van der Waals surface area (Å²) in [5.41, 5.74) is 5.91. The van der Waals surface area contributed by atoms with Gasteiger partial charge in [-0.3, -0.25) is 4.79 Å². The molecule has 0 radical (unpaired) electrons. The lowest BCUT2D eigenvalue weighted by Gasteiger charge is -2.21. The number of thiazole rings is 1. The summed E-state index contributed by atoms with van der Waals surface area (Å²) in [5, 5.41) is 3.85. The number of nitrogens with zero attached hydrogens (tertiary/aromatic N) is 2. The Morgan fingerprint density at radius 1 is 1.38 bits per heavy atom. The summed E-state index contributed by atoms with van der Waals surface area (Å²) in [7, 11) is 0. The number of aromatic nitrogens is 1. The van der Waals surface area contributed by atoms with Crippen molar-refractivity contribution in [1.29, 1.82) is 0 Å². The number of nitrogens with two attached hydrogens (primary N) is 1. The lowest BCUT2D eigenvalue weighted by molar-refractivity contribution is 0.0951. The second kappa shape index (κ2) is 7.89. The smallest absolute Gasteiger partial charge is 0.265 e. The molecule has 118 valence electrons. The standard InChI is InChI=1S/C14H24N4OS2/c1-3-18(4-2)14-17-12(15)11(21-14)13(19)16-9-10-5-7-20-8-6-10/h10H,3-9,15H2,1-2H3,(H,16,19). The van der Waals surface area contributed by atoms with E-state index in [0.717, 1.165) is 24.8 Å². The Balaban J connectivity index is 1.95. The lowest BCUT2D eigenvalue weighted by Crippen LogP contribution is -2.30. The van der Waals surface area contributed by atoms with Gasteiger partial charge in [-0.15, -0.1) is 0 Å². The summed E-state index contributed by atoms with van der Waals surface area (Å²) in [5.74, 6) is 3.27. The third-order valence-electron chi connectivity index (χ3n) is 3.77. The maximum Gasteiger partial charge on any atom is 0.265 e. The number of nitrogens with one attached hydrogen (secondary N) is 1. The molecule has 1 aliphatic heterocycles. The highest BCUT2D eigenvalue weighted by molar-refractivity contribution is 7.99. The molecule has 0 atom stereocenters. The molecule has 1 aromatic heterocycles. The fraction of sp³-hybridized carbons (Fsp3) is 0.714. The molecular weight excluding hydrogens is 304 g/mol. The van der Waals surface area contributed by atoms with Gasteiger partial charge >= 0.3 is 0 Å².